The third-order valence-electron chi connectivity index (χ3n) is 7.53. The Kier molecular flexibility index (Phi) is 4.44. The largest absolute Gasteiger partial charge is 0.714 e. The average Bonchev–Trinajstić information content (AvgIpc) is 2.82. The van der Waals surface area contributed by atoms with Crippen LogP contribution in [0.3, 0.4) is 0 Å². The predicted molar refractivity (Wildman–Crippen MR) is 110 cm³/mol. The lowest BCUT2D eigenvalue weighted by Gasteiger charge is -2.32. The highest BCUT2D eigenvalue weighted by Gasteiger charge is 2.62. The van der Waals surface area contributed by atoms with E-state index in [9.17, 15) is 25.9 Å². The van der Waals surface area contributed by atoms with Crippen molar-refractivity contribution in [2.24, 2.45) is 0 Å². The normalized spacial score (nSPS) is 24.2. The van der Waals surface area contributed by atoms with Crippen LogP contribution >= 0.6 is 0 Å². The molecule has 0 spiro atoms. The summed E-state index contributed by atoms with van der Waals surface area (Å²) in [6.07, 6.45) is 0. The number of hydrogen-bond donors (Lipinski definition) is 1. The van der Waals surface area contributed by atoms with E-state index >= 15 is 0 Å². The van der Waals surface area contributed by atoms with Gasteiger partial charge in [0, 0.05) is 10.4 Å². The van der Waals surface area contributed by atoms with Crippen LogP contribution in [0.1, 0.15) is 72.1 Å². The van der Waals surface area contributed by atoms with Crippen molar-refractivity contribution in [3.8, 4) is 5.75 Å². The number of rotatable bonds is 2. The molecular formula is C21H30N4O5. The van der Waals surface area contributed by atoms with E-state index in [0.717, 1.165) is 0 Å². The number of hydrogen-bond acceptors (Lipinski definition) is 5. The smallest absolute Gasteiger partial charge is 0.320 e. The van der Waals surface area contributed by atoms with Crippen LogP contribution in [0.15, 0.2) is 12.1 Å². The molecule has 0 aliphatic carbocycles. The summed E-state index contributed by atoms with van der Waals surface area (Å²) in [5.41, 5.74) is -3.71. The van der Waals surface area contributed by atoms with Gasteiger partial charge in [0.25, 0.3) is 0 Å². The molecule has 0 bridgehead atoms. The lowest BCUT2D eigenvalue weighted by molar-refractivity contribution is -0.539. The van der Waals surface area contributed by atoms with E-state index in [1.165, 1.54) is 12.1 Å². The molecule has 164 valence electrons. The van der Waals surface area contributed by atoms with E-state index in [0.29, 0.717) is 25.2 Å². The number of hydroxylamine groups is 6. The molecular weight excluding hydrogens is 388 g/mol. The van der Waals surface area contributed by atoms with Gasteiger partial charge in [0.05, 0.1) is 0 Å². The van der Waals surface area contributed by atoms with E-state index in [1.807, 2.05) is 0 Å². The lowest BCUT2D eigenvalue weighted by Crippen LogP contribution is -2.53. The maximum Gasteiger partial charge on any atom is 0.320 e. The fourth-order valence-electron chi connectivity index (χ4n) is 3.78. The molecule has 9 nitrogen and oxygen atoms in total. The van der Waals surface area contributed by atoms with E-state index in [2.05, 4.69) is 0 Å². The van der Waals surface area contributed by atoms with Crippen LogP contribution in [0.25, 0.3) is 0 Å². The minimum Gasteiger partial charge on any atom is -0.714 e. The molecule has 0 saturated carbocycles. The number of aromatic hydroxyl groups is 1. The van der Waals surface area contributed by atoms with Crippen LogP contribution in [-0.2, 0) is 10.4 Å². The summed E-state index contributed by atoms with van der Waals surface area (Å²) >= 11 is 0. The van der Waals surface area contributed by atoms with Crippen molar-refractivity contribution in [2.45, 2.75) is 84.5 Å². The molecule has 9 heteroatoms. The Morgan fingerprint density at radius 2 is 1.07 bits per heavy atom. The van der Waals surface area contributed by atoms with Gasteiger partial charge >= 0.3 is 11.7 Å². The van der Waals surface area contributed by atoms with E-state index in [4.69, 9.17) is 0 Å². The number of nitrogens with zero attached hydrogens (tertiary/aromatic N) is 4. The van der Waals surface area contributed by atoms with E-state index < -0.39 is 27.9 Å². The SMILES string of the molecule is Cc1cc(C2=[N+]([O-])C(C)(C)C(C)(C)N2[O])c(O)c(C2=[N+]([O-])C(C)(C)C(C)(C)N2[O])c1. The summed E-state index contributed by atoms with van der Waals surface area (Å²) in [5.74, 6) is -0.949. The van der Waals surface area contributed by atoms with E-state index in [1.54, 1.807) is 62.3 Å². The zero-order valence-corrected chi connectivity index (χ0v) is 19.0. The molecule has 1 aromatic carbocycles. The number of aryl methyl sites for hydroxylation is 1. The van der Waals surface area contributed by atoms with Crippen molar-refractivity contribution in [1.82, 2.24) is 10.1 Å². The van der Waals surface area contributed by atoms with E-state index in [-0.39, 0.29) is 22.8 Å². The number of phenolic OH excluding ortho intramolecular Hbond substituents is 1. The van der Waals surface area contributed by atoms with Crippen molar-refractivity contribution in [2.75, 3.05) is 0 Å². The summed E-state index contributed by atoms with van der Waals surface area (Å²) in [6.45, 7) is 14.9. The summed E-state index contributed by atoms with van der Waals surface area (Å²) in [7, 11) is 0. The van der Waals surface area contributed by atoms with Crippen LogP contribution < -0.4 is 0 Å². The molecule has 1 aromatic rings. The molecule has 0 unspecified atom stereocenters. The molecule has 30 heavy (non-hydrogen) atoms. The first-order valence-electron chi connectivity index (χ1n) is 9.90. The maximum atomic E-state index is 13.1. The molecule has 2 aliphatic rings. The first-order valence-corrected chi connectivity index (χ1v) is 9.90. The molecule has 0 aromatic heterocycles. The molecule has 2 heterocycles. The third kappa shape index (κ3) is 2.42. The van der Waals surface area contributed by atoms with Gasteiger partial charge in [0.2, 0.25) is 0 Å². The van der Waals surface area contributed by atoms with Crippen LogP contribution in [0.4, 0.5) is 0 Å². The zero-order chi connectivity index (χ0) is 23.2. The Morgan fingerprint density at radius 1 is 0.767 bits per heavy atom. The topological polar surface area (TPSA) is 119 Å². The minimum atomic E-state index is -1.07. The van der Waals surface area contributed by atoms with Gasteiger partial charge in [-0.1, -0.05) is 10.1 Å². The van der Waals surface area contributed by atoms with Crippen LogP contribution in [0.5, 0.6) is 5.75 Å². The third-order valence-corrected chi connectivity index (χ3v) is 7.53. The lowest BCUT2D eigenvalue weighted by atomic mass is 9.84. The highest BCUT2D eigenvalue weighted by Crippen LogP contribution is 2.42. The fourth-order valence-corrected chi connectivity index (χ4v) is 3.78. The molecule has 3 rings (SSSR count). The van der Waals surface area contributed by atoms with Gasteiger partial charge in [-0.15, -0.1) is 0 Å². The summed E-state index contributed by atoms with van der Waals surface area (Å²) in [6, 6.07) is 3.02. The van der Waals surface area contributed by atoms with Gasteiger partial charge in [-0.3, -0.25) is 9.48 Å². The molecule has 0 saturated heterocycles. The Balaban J connectivity index is 2.31. The quantitative estimate of drug-likeness (QED) is 0.585. The standard InChI is InChI=1S/C21H30N4O5/c1-12-10-13(16-22(27)18(2,3)19(4,5)23(16)28)15(26)14(11-12)17-24(29)20(6,7)21(8,9)25(17)30/h10-11,26H,1-9H3. The summed E-state index contributed by atoms with van der Waals surface area (Å²) < 4.78 is 1.19. The second kappa shape index (κ2) is 6.01. The van der Waals surface area contributed by atoms with Crippen LogP contribution in [0, 0.1) is 17.3 Å². The second-order valence-corrected chi connectivity index (χ2v) is 10.3. The fraction of sp³-hybridized carbons (Fsp3) is 0.619. The van der Waals surface area contributed by atoms with Gasteiger partial charge in [-0.05, 0) is 80.0 Å². The first kappa shape index (κ1) is 22.2. The second-order valence-electron chi connectivity index (χ2n) is 10.3. The Labute approximate surface area is 176 Å². The highest BCUT2D eigenvalue weighted by molar-refractivity contribution is 6.05. The van der Waals surface area contributed by atoms with Crippen molar-refractivity contribution in [3.05, 3.63) is 39.2 Å². The molecule has 0 fully saturated rings. The number of benzene rings is 1. The monoisotopic (exact) mass is 418 g/mol. The highest BCUT2D eigenvalue weighted by atomic mass is 16.5. The summed E-state index contributed by atoms with van der Waals surface area (Å²) in [5, 5.41) is 64.5. The van der Waals surface area contributed by atoms with Crippen molar-refractivity contribution >= 4 is 11.7 Å². The number of amidine groups is 2. The van der Waals surface area contributed by atoms with Crippen LogP contribution in [-0.4, -0.2) is 58.5 Å². The Hall–Kier alpha value is -2.52. The van der Waals surface area contributed by atoms with Gasteiger partial charge in [-0.2, -0.15) is 0 Å². The molecule has 2 radical (unpaired) electrons. The molecule has 0 amide bonds. The average molecular weight is 418 g/mol. The number of phenols is 1. The van der Waals surface area contributed by atoms with Gasteiger partial charge < -0.3 is 15.5 Å². The maximum absolute atomic E-state index is 13.1. The molecule has 1 N–H and O–H groups in total. The van der Waals surface area contributed by atoms with Gasteiger partial charge in [0.1, 0.15) is 28.0 Å². The summed E-state index contributed by atoms with van der Waals surface area (Å²) in [4.78, 5) is 0. The zero-order valence-electron chi connectivity index (χ0n) is 19.0. The van der Waals surface area contributed by atoms with Gasteiger partial charge in [-0.25, -0.2) is 0 Å². The van der Waals surface area contributed by atoms with Crippen molar-refractivity contribution < 1.29 is 25.0 Å². The first-order chi connectivity index (χ1) is 13.4. The Bertz CT molecular complexity index is 916. The van der Waals surface area contributed by atoms with Crippen molar-refractivity contribution in [3.63, 3.8) is 0 Å². The van der Waals surface area contributed by atoms with Crippen LogP contribution in [0.2, 0.25) is 0 Å². The molecule has 0 atom stereocenters. The van der Waals surface area contributed by atoms with Gasteiger partial charge in [0.15, 0.2) is 11.1 Å². The Morgan fingerprint density at radius 3 is 1.30 bits per heavy atom. The minimum absolute atomic E-state index is 0.00883. The predicted octanol–water partition coefficient (Wildman–Crippen LogP) is 2.65. The molecule has 2 aliphatic heterocycles. The van der Waals surface area contributed by atoms with Crippen molar-refractivity contribution in [1.29, 1.82) is 0 Å².